The van der Waals surface area contributed by atoms with E-state index in [-0.39, 0.29) is 18.4 Å². The van der Waals surface area contributed by atoms with E-state index < -0.39 is 6.04 Å². The van der Waals surface area contributed by atoms with Crippen molar-refractivity contribution in [2.45, 2.75) is 25.4 Å². The second-order valence-corrected chi connectivity index (χ2v) is 6.59. The van der Waals surface area contributed by atoms with Gasteiger partial charge in [0.05, 0.1) is 0 Å². The summed E-state index contributed by atoms with van der Waals surface area (Å²) in [6.07, 6.45) is 1.58. The van der Waals surface area contributed by atoms with E-state index in [0.29, 0.717) is 13.0 Å². The Bertz CT molecular complexity index is 946. The maximum Gasteiger partial charge on any atom is 0.242 e. The van der Waals surface area contributed by atoms with Gasteiger partial charge in [-0.3, -0.25) is 9.59 Å². The summed E-state index contributed by atoms with van der Waals surface area (Å²) in [5, 5.41) is 6.77. The van der Waals surface area contributed by atoms with Crippen LogP contribution in [0.4, 0.5) is 0 Å². The lowest BCUT2D eigenvalue weighted by atomic mass is 10.1. The zero-order valence-corrected chi connectivity index (χ0v) is 14.4. The van der Waals surface area contributed by atoms with Crippen LogP contribution >= 0.6 is 0 Å². The molecule has 0 aliphatic carbocycles. The standard InChI is InChI=1S/C21H21N3O2/c25-20(23-17-10-6-12-22-21(17)26)14-24-18-11-5-4-9-16(18)13-19(24)15-7-2-1-3-8-15/h1-5,7-9,11,13,17H,6,10,12,14H2,(H,22,26)(H,23,25)/t17-/m1/s1. The van der Waals surface area contributed by atoms with E-state index in [0.717, 1.165) is 28.6 Å². The Balaban J connectivity index is 1.64. The molecule has 2 N–H and O–H groups in total. The number of para-hydroxylation sites is 1. The highest BCUT2D eigenvalue weighted by molar-refractivity contribution is 5.91. The van der Waals surface area contributed by atoms with Crippen LogP contribution in [0.1, 0.15) is 12.8 Å². The highest BCUT2D eigenvalue weighted by Crippen LogP contribution is 2.28. The fourth-order valence-corrected chi connectivity index (χ4v) is 3.52. The first kappa shape index (κ1) is 16.4. The normalized spacial score (nSPS) is 17.1. The Morgan fingerprint density at radius 1 is 1.12 bits per heavy atom. The van der Waals surface area contributed by atoms with Gasteiger partial charge in [-0.1, -0.05) is 48.5 Å². The second-order valence-electron chi connectivity index (χ2n) is 6.59. The highest BCUT2D eigenvalue weighted by atomic mass is 16.2. The molecule has 26 heavy (non-hydrogen) atoms. The lowest BCUT2D eigenvalue weighted by Gasteiger charge is -2.23. The van der Waals surface area contributed by atoms with Gasteiger partial charge in [0.15, 0.2) is 0 Å². The fraction of sp³-hybridized carbons (Fsp3) is 0.238. The molecule has 0 unspecified atom stereocenters. The highest BCUT2D eigenvalue weighted by Gasteiger charge is 2.24. The molecule has 2 aromatic carbocycles. The quantitative estimate of drug-likeness (QED) is 0.762. The number of carbonyl (C=O) groups excluding carboxylic acids is 2. The molecule has 2 heterocycles. The van der Waals surface area contributed by atoms with E-state index in [1.807, 2.05) is 59.2 Å². The van der Waals surface area contributed by atoms with Crippen molar-refractivity contribution in [3.63, 3.8) is 0 Å². The predicted molar refractivity (Wildman–Crippen MR) is 102 cm³/mol. The molecule has 1 fully saturated rings. The third kappa shape index (κ3) is 3.20. The molecule has 132 valence electrons. The van der Waals surface area contributed by atoms with E-state index in [4.69, 9.17) is 0 Å². The molecule has 4 rings (SSSR count). The Hall–Kier alpha value is -3.08. The molecule has 0 bridgehead atoms. The van der Waals surface area contributed by atoms with Crippen LogP contribution in [0.3, 0.4) is 0 Å². The number of fused-ring (bicyclic) bond motifs is 1. The first-order valence-corrected chi connectivity index (χ1v) is 8.93. The molecule has 1 atom stereocenters. The molecule has 2 amide bonds. The molecule has 3 aromatic rings. The van der Waals surface area contributed by atoms with Crippen molar-refractivity contribution in [2.75, 3.05) is 6.54 Å². The minimum absolute atomic E-state index is 0.0924. The van der Waals surface area contributed by atoms with Gasteiger partial charge in [0.1, 0.15) is 12.6 Å². The summed E-state index contributed by atoms with van der Waals surface area (Å²) in [7, 11) is 0. The monoisotopic (exact) mass is 347 g/mol. The summed E-state index contributed by atoms with van der Waals surface area (Å²) in [4.78, 5) is 24.5. The number of hydrogen-bond donors (Lipinski definition) is 2. The minimum atomic E-state index is -0.432. The van der Waals surface area contributed by atoms with Crippen LogP contribution in [-0.4, -0.2) is 29.0 Å². The number of piperidine rings is 1. The number of rotatable bonds is 4. The molecule has 0 saturated carbocycles. The third-order valence-electron chi connectivity index (χ3n) is 4.80. The van der Waals surface area contributed by atoms with Crippen molar-refractivity contribution in [3.8, 4) is 11.3 Å². The van der Waals surface area contributed by atoms with Crippen LogP contribution in [0, 0.1) is 0 Å². The van der Waals surface area contributed by atoms with Gasteiger partial charge in [0, 0.05) is 23.1 Å². The van der Waals surface area contributed by atoms with Crippen molar-refractivity contribution < 1.29 is 9.59 Å². The number of aromatic nitrogens is 1. The van der Waals surface area contributed by atoms with Crippen LogP contribution < -0.4 is 10.6 Å². The van der Waals surface area contributed by atoms with E-state index in [2.05, 4.69) is 16.7 Å². The Labute approximate surface area is 152 Å². The predicted octanol–water partition coefficient (Wildman–Crippen LogP) is 2.70. The first-order valence-electron chi connectivity index (χ1n) is 8.93. The summed E-state index contributed by atoms with van der Waals surface area (Å²) in [6, 6.07) is 19.7. The molecule has 0 spiro atoms. The van der Waals surface area contributed by atoms with E-state index in [1.54, 1.807) is 0 Å². The molecule has 1 aliphatic rings. The summed E-state index contributed by atoms with van der Waals surface area (Å²) >= 11 is 0. The maximum atomic E-state index is 12.6. The van der Waals surface area contributed by atoms with Crippen LogP contribution in [-0.2, 0) is 16.1 Å². The molecule has 1 aliphatic heterocycles. The second kappa shape index (κ2) is 7.04. The minimum Gasteiger partial charge on any atom is -0.354 e. The largest absolute Gasteiger partial charge is 0.354 e. The summed E-state index contributed by atoms with van der Waals surface area (Å²) in [6.45, 7) is 0.868. The number of carbonyl (C=O) groups is 2. The number of amides is 2. The Kier molecular flexibility index (Phi) is 4.44. The van der Waals surface area contributed by atoms with Crippen molar-refractivity contribution in [1.82, 2.24) is 15.2 Å². The molecule has 5 heteroatoms. The SMILES string of the molecule is O=C(Cn1c(-c2ccccc2)cc2ccccc21)N[C@@H]1CCCNC1=O. The molecule has 5 nitrogen and oxygen atoms in total. The average Bonchev–Trinajstić information content (AvgIpc) is 3.03. The maximum absolute atomic E-state index is 12.6. The zero-order chi connectivity index (χ0) is 17.9. The van der Waals surface area contributed by atoms with Crippen LogP contribution in [0.25, 0.3) is 22.2 Å². The van der Waals surface area contributed by atoms with Crippen molar-refractivity contribution in [3.05, 3.63) is 60.7 Å². The fourth-order valence-electron chi connectivity index (χ4n) is 3.52. The van der Waals surface area contributed by atoms with E-state index in [9.17, 15) is 9.59 Å². The Morgan fingerprint density at radius 2 is 1.88 bits per heavy atom. The van der Waals surface area contributed by atoms with Crippen molar-refractivity contribution >= 4 is 22.7 Å². The van der Waals surface area contributed by atoms with Gasteiger partial charge in [0.25, 0.3) is 0 Å². The van der Waals surface area contributed by atoms with Crippen molar-refractivity contribution in [1.29, 1.82) is 0 Å². The molecule has 1 saturated heterocycles. The van der Waals surface area contributed by atoms with Gasteiger partial charge in [-0.2, -0.15) is 0 Å². The Morgan fingerprint density at radius 3 is 2.69 bits per heavy atom. The van der Waals surface area contributed by atoms with E-state index >= 15 is 0 Å². The zero-order valence-electron chi connectivity index (χ0n) is 14.4. The topological polar surface area (TPSA) is 63.1 Å². The summed E-state index contributed by atoms with van der Waals surface area (Å²) in [5.74, 6) is -0.240. The van der Waals surface area contributed by atoms with Crippen LogP contribution in [0.2, 0.25) is 0 Å². The van der Waals surface area contributed by atoms with Gasteiger partial charge in [-0.15, -0.1) is 0 Å². The lowest BCUT2D eigenvalue weighted by Crippen LogP contribution is -2.50. The van der Waals surface area contributed by atoms with Crippen LogP contribution in [0.15, 0.2) is 60.7 Å². The smallest absolute Gasteiger partial charge is 0.242 e. The van der Waals surface area contributed by atoms with Gasteiger partial charge < -0.3 is 15.2 Å². The number of nitrogens with one attached hydrogen (secondary N) is 2. The van der Waals surface area contributed by atoms with Gasteiger partial charge in [-0.05, 0) is 30.5 Å². The van der Waals surface area contributed by atoms with Gasteiger partial charge >= 0.3 is 0 Å². The lowest BCUT2D eigenvalue weighted by molar-refractivity contribution is -0.130. The third-order valence-corrected chi connectivity index (χ3v) is 4.80. The molecular formula is C21H21N3O2. The summed E-state index contributed by atoms with van der Waals surface area (Å²) < 4.78 is 2.01. The molecule has 0 radical (unpaired) electrons. The summed E-state index contributed by atoms with van der Waals surface area (Å²) in [5.41, 5.74) is 3.07. The molecular weight excluding hydrogens is 326 g/mol. The number of benzene rings is 2. The molecule has 1 aromatic heterocycles. The number of nitrogens with zero attached hydrogens (tertiary/aromatic N) is 1. The van der Waals surface area contributed by atoms with Crippen molar-refractivity contribution in [2.24, 2.45) is 0 Å². The van der Waals surface area contributed by atoms with Gasteiger partial charge in [-0.25, -0.2) is 0 Å². The first-order chi connectivity index (χ1) is 12.7. The number of hydrogen-bond acceptors (Lipinski definition) is 2. The van der Waals surface area contributed by atoms with E-state index in [1.165, 1.54) is 0 Å². The van der Waals surface area contributed by atoms with Crippen LogP contribution in [0.5, 0.6) is 0 Å². The average molecular weight is 347 g/mol. The van der Waals surface area contributed by atoms with Gasteiger partial charge in [0.2, 0.25) is 11.8 Å².